The van der Waals surface area contributed by atoms with Crippen molar-refractivity contribution in [2.45, 2.75) is 19.3 Å². The van der Waals surface area contributed by atoms with Crippen molar-refractivity contribution in [1.82, 2.24) is 0 Å². The Balaban J connectivity index is 1.24. The van der Waals surface area contributed by atoms with Gasteiger partial charge in [0.05, 0.1) is 0 Å². The molecule has 1 aliphatic rings. The van der Waals surface area contributed by atoms with Crippen LogP contribution in [0.2, 0.25) is 0 Å². The summed E-state index contributed by atoms with van der Waals surface area (Å²) in [5.41, 5.74) is 12.8. The number of hydrogen-bond acceptors (Lipinski definition) is 1. The van der Waals surface area contributed by atoms with Gasteiger partial charge in [0.15, 0.2) is 5.78 Å². The summed E-state index contributed by atoms with van der Waals surface area (Å²) in [6.45, 7) is 4.48. The van der Waals surface area contributed by atoms with Crippen LogP contribution in [0.5, 0.6) is 0 Å². The number of carbonyl (C=O) groups is 1. The molecule has 41 heavy (non-hydrogen) atoms. The molecule has 0 radical (unpaired) electrons. The van der Waals surface area contributed by atoms with Gasteiger partial charge in [-0.1, -0.05) is 147 Å². The van der Waals surface area contributed by atoms with Gasteiger partial charge in [-0.25, -0.2) is 0 Å². The Morgan fingerprint density at radius 2 is 0.659 bits per heavy atom. The lowest BCUT2D eigenvalue weighted by molar-refractivity contribution is 0.103. The van der Waals surface area contributed by atoms with Gasteiger partial charge in [-0.3, -0.25) is 4.79 Å². The zero-order valence-corrected chi connectivity index (χ0v) is 23.3. The lowest BCUT2D eigenvalue weighted by Crippen LogP contribution is -2.30. The van der Waals surface area contributed by atoms with Crippen LogP contribution in [0.4, 0.5) is 0 Å². The minimum absolute atomic E-state index is 0.103. The fourth-order valence-corrected chi connectivity index (χ4v) is 6.14. The van der Waals surface area contributed by atoms with E-state index in [1.54, 1.807) is 0 Å². The van der Waals surface area contributed by atoms with Crippen molar-refractivity contribution in [1.29, 1.82) is 0 Å². The second-order valence-corrected chi connectivity index (χ2v) is 11.4. The molecule has 196 valence electrons. The van der Waals surface area contributed by atoms with Crippen molar-refractivity contribution in [2.24, 2.45) is 0 Å². The van der Waals surface area contributed by atoms with Crippen LogP contribution in [0.3, 0.4) is 0 Å². The number of ketones is 1. The van der Waals surface area contributed by atoms with Gasteiger partial charge in [0, 0.05) is 16.5 Å². The lowest BCUT2D eigenvalue weighted by atomic mass is 9.67. The molecule has 0 fully saturated rings. The molecule has 0 aliphatic heterocycles. The number of hydrogen-bond donors (Lipinski definition) is 0. The molecular weight excluding hydrogens is 496 g/mol. The van der Waals surface area contributed by atoms with Crippen LogP contribution in [-0.2, 0) is 5.41 Å². The third kappa shape index (κ3) is 4.40. The fourth-order valence-electron chi connectivity index (χ4n) is 6.14. The predicted octanol–water partition coefficient (Wildman–Crippen LogP) is 10.2. The molecule has 1 aliphatic carbocycles. The quantitative estimate of drug-likeness (QED) is 0.223. The van der Waals surface area contributed by atoms with Gasteiger partial charge in [0.25, 0.3) is 0 Å². The summed E-state index contributed by atoms with van der Waals surface area (Å²) >= 11 is 0. The molecule has 0 unspecified atom stereocenters. The van der Waals surface area contributed by atoms with Crippen LogP contribution in [-0.4, -0.2) is 5.78 Å². The molecule has 0 amide bonds. The molecule has 0 atom stereocenters. The van der Waals surface area contributed by atoms with Gasteiger partial charge in [0.2, 0.25) is 0 Å². The van der Waals surface area contributed by atoms with Crippen LogP contribution < -0.4 is 0 Å². The molecule has 0 saturated carbocycles. The lowest BCUT2D eigenvalue weighted by Gasteiger charge is -2.35. The average Bonchev–Trinajstić information content (AvgIpc) is 3.04. The number of rotatable bonds is 4. The van der Waals surface area contributed by atoms with Gasteiger partial charge < -0.3 is 0 Å². The van der Waals surface area contributed by atoms with E-state index in [1.807, 2.05) is 24.3 Å². The van der Waals surface area contributed by atoms with Crippen molar-refractivity contribution in [2.75, 3.05) is 0 Å². The Morgan fingerprint density at radius 1 is 0.366 bits per heavy atom. The molecule has 7 rings (SSSR count). The number of carbonyl (C=O) groups excluding carboxylic acids is 1. The van der Waals surface area contributed by atoms with Crippen LogP contribution in [0.1, 0.15) is 40.9 Å². The van der Waals surface area contributed by atoms with Crippen LogP contribution in [0, 0.1) is 0 Å². The standard InChI is InChI=1S/C40H30O/c1-40(2)37-25-33(31-17-13-29(14-18-31)27-9-5-3-6-10-27)21-23-35(37)39(41)36-24-22-34(26-38(36)40)32-19-15-30(16-20-32)28-11-7-4-8-12-28/h3-26H,1-2H3. The Hall–Kier alpha value is -5.01. The van der Waals surface area contributed by atoms with Crippen molar-refractivity contribution in [3.63, 3.8) is 0 Å². The average molecular weight is 527 g/mol. The summed E-state index contributed by atoms with van der Waals surface area (Å²) in [5.74, 6) is 0.103. The molecule has 1 heteroatoms. The molecular formula is C40H30O. The number of fused-ring (bicyclic) bond motifs is 2. The molecule has 6 aromatic rings. The molecule has 6 aromatic carbocycles. The molecule has 0 spiro atoms. The highest BCUT2D eigenvalue weighted by Crippen LogP contribution is 2.44. The fraction of sp³-hybridized carbons (Fsp3) is 0.0750. The van der Waals surface area contributed by atoms with Gasteiger partial charge in [0.1, 0.15) is 0 Å². The summed E-state index contributed by atoms with van der Waals surface area (Å²) < 4.78 is 0. The molecule has 0 saturated heterocycles. The maximum Gasteiger partial charge on any atom is 0.193 e. The first-order chi connectivity index (χ1) is 20.0. The Morgan fingerprint density at radius 3 is 1.02 bits per heavy atom. The first kappa shape index (κ1) is 25.0. The van der Waals surface area contributed by atoms with E-state index in [0.29, 0.717) is 0 Å². The van der Waals surface area contributed by atoms with Gasteiger partial charge >= 0.3 is 0 Å². The molecule has 0 heterocycles. The zero-order chi connectivity index (χ0) is 28.0. The predicted molar refractivity (Wildman–Crippen MR) is 170 cm³/mol. The molecule has 0 bridgehead atoms. The zero-order valence-electron chi connectivity index (χ0n) is 23.3. The Kier molecular flexibility index (Phi) is 6.02. The second kappa shape index (κ2) is 9.87. The van der Waals surface area contributed by atoms with Gasteiger partial charge in [-0.2, -0.15) is 0 Å². The maximum atomic E-state index is 13.7. The first-order valence-corrected chi connectivity index (χ1v) is 14.1. The summed E-state index contributed by atoms with van der Waals surface area (Å²) in [6.07, 6.45) is 0. The Bertz CT molecular complexity index is 1740. The van der Waals surface area contributed by atoms with Gasteiger partial charge in [-0.05, 0) is 67.8 Å². The van der Waals surface area contributed by atoms with E-state index in [-0.39, 0.29) is 11.2 Å². The van der Waals surface area contributed by atoms with E-state index in [4.69, 9.17) is 0 Å². The van der Waals surface area contributed by atoms with E-state index >= 15 is 0 Å². The van der Waals surface area contributed by atoms with E-state index in [9.17, 15) is 4.79 Å². The topological polar surface area (TPSA) is 17.1 Å². The minimum Gasteiger partial charge on any atom is -0.289 e. The highest BCUT2D eigenvalue weighted by molar-refractivity contribution is 6.13. The molecule has 0 N–H and O–H groups in total. The van der Waals surface area contributed by atoms with Crippen LogP contribution in [0.25, 0.3) is 44.5 Å². The summed E-state index contributed by atoms with van der Waals surface area (Å²) in [4.78, 5) is 13.7. The summed E-state index contributed by atoms with van der Waals surface area (Å²) in [7, 11) is 0. The summed E-state index contributed by atoms with van der Waals surface area (Å²) in [6, 6.07) is 50.9. The van der Waals surface area contributed by atoms with Crippen molar-refractivity contribution >= 4 is 5.78 Å². The maximum absolute atomic E-state index is 13.7. The largest absolute Gasteiger partial charge is 0.289 e. The van der Waals surface area contributed by atoms with Crippen molar-refractivity contribution < 1.29 is 4.79 Å². The third-order valence-corrected chi connectivity index (χ3v) is 8.53. The van der Waals surface area contributed by atoms with Gasteiger partial charge in [-0.15, -0.1) is 0 Å². The second-order valence-electron chi connectivity index (χ2n) is 11.4. The Labute approximate surface area is 241 Å². The van der Waals surface area contributed by atoms with E-state index in [0.717, 1.165) is 44.5 Å². The normalized spacial score (nSPS) is 13.4. The van der Waals surface area contributed by atoms with E-state index < -0.39 is 0 Å². The van der Waals surface area contributed by atoms with Crippen LogP contribution >= 0.6 is 0 Å². The summed E-state index contributed by atoms with van der Waals surface area (Å²) in [5, 5.41) is 0. The van der Waals surface area contributed by atoms with Crippen molar-refractivity contribution in [3.8, 4) is 44.5 Å². The minimum atomic E-state index is -0.321. The van der Waals surface area contributed by atoms with Crippen molar-refractivity contribution in [3.05, 3.63) is 168 Å². The SMILES string of the molecule is CC1(C)c2cc(-c3ccc(-c4ccccc4)cc3)ccc2C(=O)c2ccc(-c3ccc(-c4ccccc4)cc3)cc21. The smallest absolute Gasteiger partial charge is 0.193 e. The van der Waals surface area contributed by atoms with Crippen LogP contribution in [0.15, 0.2) is 146 Å². The monoisotopic (exact) mass is 526 g/mol. The highest BCUT2D eigenvalue weighted by Gasteiger charge is 2.37. The highest BCUT2D eigenvalue weighted by atomic mass is 16.1. The van der Waals surface area contributed by atoms with E-state index in [1.165, 1.54) is 22.3 Å². The molecule has 1 nitrogen and oxygen atoms in total. The van der Waals surface area contributed by atoms with E-state index in [2.05, 4.69) is 135 Å². The number of benzene rings is 6. The first-order valence-electron chi connectivity index (χ1n) is 14.1. The third-order valence-electron chi connectivity index (χ3n) is 8.53. The molecule has 0 aromatic heterocycles.